The van der Waals surface area contributed by atoms with Crippen LogP contribution in [0, 0.1) is 0 Å². The third-order valence-corrected chi connectivity index (χ3v) is 14.2. The molecule has 1 aliphatic heterocycles. The lowest BCUT2D eigenvalue weighted by Crippen LogP contribution is -2.66. The summed E-state index contributed by atoms with van der Waals surface area (Å²) >= 11 is 0. The van der Waals surface area contributed by atoms with Crippen LogP contribution in [-0.4, -0.2) is 25.7 Å². The fraction of sp³-hybridized carbons (Fsp3) is 0.333. The van der Waals surface area contributed by atoms with Gasteiger partial charge in [-0.2, -0.15) is 0 Å². The molecule has 0 N–H and O–H groups in total. The van der Waals surface area contributed by atoms with Crippen LogP contribution in [0.1, 0.15) is 13.8 Å². The van der Waals surface area contributed by atoms with Crippen LogP contribution in [0.4, 0.5) is 0 Å². The van der Waals surface area contributed by atoms with Gasteiger partial charge in [-0.05, 0) is 49.7 Å². The Hall–Kier alpha value is -0.509. The van der Waals surface area contributed by atoms with Crippen molar-refractivity contribution < 1.29 is 12.3 Å². The van der Waals surface area contributed by atoms with Crippen LogP contribution >= 0.6 is 0 Å². The summed E-state index contributed by atoms with van der Waals surface area (Å²) in [5.41, 5.74) is 8.56. The molecule has 0 aromatic heterocycles. The molecule has 1 saturated heterocycles. The molecule has 1 fully saturated rings. The fourth-order valence-corrected chi connectivity index (χ4v) is 15.3. The van der Waals surface area contributed by atoms with Crippen molar-refractivity contribution in [2.45, 2.75) is 26.9 Å². The van der Waals surface area contributed by atoms with E-state index in [0.717, 1.165) is 5.57 Å². The summed E-state index contributed by atoms with van der Waals surface area (Å²) in [4.78, 5) is 0. The largest absolute Gasteiger partial charge is 0.410 e. The quantitative estimate of drug-likeness (QED) is 0.745. The van der Waals surface area contributed by atoms with Crippen LogP contribution in [-0.2, 0) is 12.3 Å². The maximum Gasteiger partial charge on any atom is 0.374 e. The molecular formula is C12H22O3Si3. The minimum absolute atomic E-state index is 1.16. The molecule has 1 rings (SSSR count). The highest BCUT2D eigenvalue weighted by molar-refractivity contribution is 7.00. The van der Waals surface area contributed by atoms with Crippen molar-refractivity contribution >= 4 is 25.7 Å². The highest BCUT2D eigenvalue weighted by Crippen LogP contribution is 2.33. The second-order valence-corrected chi connectivity index (χ2v) is 14.6. The topological polar surface area (TPSA) is 27.7 Å². The summed E-state index contributed by atoms with van der Waals surface area (Å²) in [5, 5.41) is 0. The molecule has 0 radical (unpaired) electrons. The molecule has 3 nitrogen and oxygen atoms in total. The summed E-state index contributed by atoms with van der Waals surface area (Å²) in [6.07, 6.45) is 0. The van der Waals surface area contributed by atoms with Gasteiger partial charge in [0.25, 0.3) is 0 Å². The number of hydrogen-bond acceptors (Lipinski definition) is 3. The van der Waals surface area contributed by atoms with Gasteiger partial charge in [0.15, 0.2) is 0 Å². The van der Waals surface area contributed by atoms with Gasteiger partial charge in [-0.25, -0.2) is 0 Å². The molecule has 0 bridgehead atoms. The third kappa shape index (κ3) is 3.28. The lowest BCUT2D eigenvalue weighted by atomic mass is 10.4. The Balaban J connectivity index is 3.29. The normalized spacial score (nSPS) is 29.1. The number of rotatable bonds is 4. The van der Waals surface area contributed by atoms with Crippen molar-refractivity contribution in [2.24, 2.45) is 0 Å². The van der Waals surface area contributed by atoms with Crippen LogP contribution in [0.25, 0.3) is 0 Å². The molecule has 1 atom stereocenters. The minimum Gasteiger partial charge on any atom is -0.410 e. The smallest absolute Gasteiger partial charge is 0.374 e. The van der Waals surface area contributed by atoms with Gasteiger partial charge in [-0.3, -0.25) is 0 Å². The zero-order chi connectivity index (χ0) is 14.0. The number of allylic oxidation sites excluding steroid dienone is 1. The van der Waals surface area contributed by atoms with E-state index < -0.39 is 25.7 Å². The van der Waals surface area contributed by atoms with Crippen LogP contribution in [0.3, 0.4) is 0 Å². The Labute approximate surface area is 113 Å². The molecular weight excluding hydrogens is 276 g/mol. The standard InChI is InChI=1S/C12H22O3Si3/c1-8-17(9-2)13-16(6,7)14-18(10-3,15-17)11-12(4)5/h8-11H,1-3H2,4-7H3. The maximum absolute atomic E-state index is 6.19. The van der Waals surface area contributed by atoms with Gasteiger partial charge >= 0.3 is 25.7 Å². The second kappa shape index (κ2) is 5.24. The molecule has 100 valence electrons. The van der Waals surface area contributed by atoms with E-state index in [1.54, 1.807) is 11.4 Å². The van der Waals surface area contributed by atoms with E-state index in [9.17, 15) is 0 Å². The molecule has 0 spiro atoms. The Bertz CT molecular complexity index is 391. The van der Waals surface area contributed by atoms with Crippen LogP contribution in [0.15, 0.2) is 48.1 Å². The molecule has 6 heteroatoms. The van der Waals surface area contributed by atoms with Crippen molar-refractivity contribution in [3.63, 3.8) is 0 Å². The van der Waals surface area contributed by atoms with Crippen molar-refractivity contribution in [3.05, 3.63) is 48.1 Å². The van der Waals surface area contributed by atoms with Crippen molar-refractivity contribution in [1.29, 1.82) is 0 Å². The second-order valence-electron chi connectivity index (χ2n) is 4.98. The zero-order valence-corrected chi connectivity index (χ0v) is 14.7. The first-order valence-corrected chi connectivity index (χ1v) is 12.7. The van der Waals surface area contributed by atoms with Crippen molar-refractivity contribution in [2.75, 3.05) is 0 Å². The summed E-state index contributed by atoms with van der Waals surface area (Å²) < 4.78 is 18.4. The highest BCUT2D eigenvalue weighted by Gasteiger charge is 2.55. The molecule has 1 unspecified atom stereocenters. The average Bonchev–Trinajstić information content (AvgIpc) is 2.25. The van der Waals surface area contributed by atoms with Crippen molar-refractivity contribution in [3.8, 4) is 0 Å². The van der Waals surface area contributed by atoms with Gasteiger partial charge in [0.05, 0.1) is 0 Å². The molecule has 0 amide bonds. The lowest BCUT2D eigenvalue weighted by Gasteiger charge is -2.47. The number of hydrogen-bond donors (Lipinski definition) is 0. The van der Waals surface area contributed by atoms with Crippen LogP contribution in [0.5, 0.6) is 0 Å². The lowest BCUT2D eigenvalue weighted by molar-refractivity contribution is 0.253. The van der Waals surface area contributed by atoms with Crippen LogP contribution < -0.4 is 0 Å². The maximum atomic E-state index is 6.19. The summed E-state index contributed by atoms with van der Waals surface area (Å²) in [7, 11) is -7.40. The van der Waals surface area contributed by atoms with Gasteiger partial charge in [-0.15, -0.1) is 19.7 Å². The van der Waals surface area contributed by atoms with E-state index in [1.165, 1.54) is 0 Å². The Kier molecular flexibility index (Phi) is 4.52. The summed E-state index contributed by atoms with van der Waals surface area (Å²) in [6.45, 7) is 19.7. The highest BCUT2D eigenvalue weighted by atomic mass is 28.5. The van der Waals surface area contributed by atoms with E-state index >= 15 is 0 Å². The predicted molar refractivity (Wildman–Crippen MR) is 82.3 cm³/mol. The van der Waals surface area contributed by atoms with E-state index in [-0.39, 0.29) is 0 Å². The molecule has 0 saturated carbocycles. The van der Waals surface area contributed by atoms with E-state index in [4.69, 9.17) is 12.3 Å². The van der Waals surface area contributed by atoms with Gasteiger partial charge in [-0.1, -0.05) is 5.57 Å². The molecule has 18 heavy (non-hydrogen) atoms. The predicted octanol–water partition coefficient (Wildman–Crippen LogP) is 3.32. The summed E-state index contributed by atoms with van der Waals surface area (Å²) in [6, 6.07) is 0. The van der Waals surface area contributed by atoms with Gasteiger partial charge < -0.3 is 12.3 Å². The fourth-order valence-electron chi connectivity index (χ4n) is 1.93. The first-order chi connectivity index (χ1) is 8.22. The summed E-state index contributed by atoms with van der Waals surface area (Å²) in [5.74, 6) is 0. The first-order valence-electron chi connectivity index (χ1n) is 5.89. The Morgan fingerprint density at radius 1 is 0.833 bits per heavy atom. The molecule has 0 aromatic rings. The monoisotopic (exact) mass is 298 g/mol. The van der Waals surface area contributed by atoms with Gasteiger partial charge in [0, 0.05) is 0 Å². The van der Waals surface area contributed by atoms with Gasteiger partial charge in [0.2, 0.25) is 0 Å². The first kappa shape index (κ1) is 15.5. The van der Waals surface area contributed by atoms with Crippen LogP contribution in [0.2, 0.25) is 13.1 Å². The Morgan fingerprint density at radius 2 is 1.28 bits per heavy atom. The average molecular weight is 299 g/mol. The zero-order valence-electron chi connectivity index (χ0n) is 11.7. The van der Waals surface area contributed by atoms with E-state index in [1.807, 2.05) is 32.6 Å². The Morgan fingerprint density at radius 3 is 1.67 bits per heavy atom. The molecule has 0 aromatic carbocycles. The van der Waals surface area contributed by atoms with E-state index in [2.05, 4.69) is 25.4 Å². The molecule has 1 heterocycles. The third-order valence-electron chi connectivity index (χ3n) is 2.47. The molecule has 0 aliphatic carbocycles. The molecule has 1 aliphatic rings. The van der Waals surface area contributed by atoms with Crippen molar-refractivity contribution in [1.82, 2.24) is 0 Å². The minimum atomic E-state index is -2.58. The van der Waals surface area contributed by atoms with Gasteiger partial charge in [0.1, 0.15) is 0 Å². The SMILES string of the molecule is C=C[Si]1(C=C)O[Si](C)(C)O[Si](C=C)(C=C(C)C)O1. The van der Waals surface area contributed by atoms with E-state index in [0.29, 0.717) is 0 Å².